The molecule has 3 aromatic rings. The number of phenols is 2. The third-order valence-corrected chi connectivity index (χ3v) is 5.45. The van der Waals surface area contributed by atoms with Gasteiger partial charge in [-0.25, -0.2) is 0 Å². The van der Waals surface area contributed by atoms with Gasteiger partial charge in [0.25, 0.3) is 5.91 Å². The Balaban J connectivity index is 1.72. The maximum absolute atomic E-state index is 12.1. The molecule has 1 atom stereocenters. The van der Waals surface area contributed by atoms with Crippen molar-refractivity contribution in [3.05, 3.63) is 83.7 Å². The lowest BCUT2D eigenvalue weighted by atomic mass is 10.0. The number of phenolic OH excluding ortho intramolecular Hbond substituents is 2. The number of nitrogens with two attached hydrogens (primary N) is 1. The Hall–Kier alpha value is -3.19. The van der Waals surface area contributed by atoms with Crippen molar-refractivity contribution in [3.63, 3.8) is 0 Å². The largest absolute Gasteiger partial charge is 0.508 e. The number of carbonyl (C=O) groups is 1. The van der Waals surface area contributed by atoms with Gasteiger partial charge in [0.2, 0.25) is 0 Å². The average Bonchev–Trinajstić information content (AvgIpc) is 2.71. The van der Waals surface area contributed by atoms with Gasteiger partial charge in [0.1, 0.15) is 11.5 Å². The Morgan fingerprint density at radius 2 is 1.93 bits per heavy atom. The molecule has 1 amide bonds. The zero-order valence-corrected chi connectivity index (χ0v) is 15.9. The Morgan fingerprint density at radius 3 is 2.68 bits per heavy atom. The molecule has 0 saturated heterocycles. The maximum atomic E-state index is 12.1. The van der Waals surface area contributed by atoms with Crippen molar-refractivity contribution in [2.24, 2.45) is 0 Å². The number of carbonyl (C=O) groups excluding carboxylic acids is 1. The van der Waals surface area contributed by atoms with Crippen LogP contribution in [0.2, 0.25) is 0 Å². The van der Waals surface area contributed by atoms with Gasteiger partial charge in [0.05, 0.1) is 10.8 Å². The topological polar surface area (TPSA) is 108 Å². The molecule has 0 aliphatic rings. The second-order valence-electron chi connectivity index (χ2n) is 6.12. The van der Waals surface area contributed by atoms with Crippen LogP contribution in [0.5, 0.6) is 11.5 Å². The van der Waals surface area contributed by atoms with Gasteiger partial charge in [-0.2, -0.15) is 0 Å². The molecule has 144 valence electrons. The molecular weight excluding hydrogens is 374 g/mol. The lowest BCUT2D eigenvalue weighted by Crippen LogP contribution is -2.26. The van der Waals surface area contributed by atoms with E-state index in [1.165, 1.54) is 24.0 Å². The minimum Gasteiger partial charge on any atom is -0.508 e. The monoisotopic (exact) mass is 395 g/mol. The van der Waals surface area contributed by atoms with Crippen LogP contribution in [0, 0.1) is 0 Å². The van der Waals surface area contributed by atoms with Crippen LogP contribution in [0.15, 0.2) is 67.0 Å². The van der Waals surface area contributed by atoms with E-state index in [1.807, 2.05) is 12.1 Å². The van der Waals surface area contributed by atoms with Gasteiger partial charge in [-0.05, 0) is 42.0 Å². The van der Waals surface area contributed by atoms with E-state index in [4.69, 9.17) is 5.73 Å². The molecule has 3 rings (SSSR count). The van der Waals surface area contributed by atoms with Crippen molar-refractivity contribution in [2.75, 3.05) is 18.0 Å². The quantitative estimate of drug-likeness (QED) is 0.278. The third-order valence-electron chi connectivity index (χ3n) is 4.17. The number of rotatable bonds is 7. The van der Waals surface area contributed by atoms with Crippen LogP contribution >= 0.6 is 11.8 Å². The first-order chi connectivity index (χ1) is 13.6. The second-order valence-corrected chi connectivity index (χ2v) is 7.33. The van der Waals surface area contributed by atoms with E-state index >= 15 is 0 Å². The van der Waals surface area contributed by atoms with Gasteiger partial charge >= 0.3 is 0 Å². The molecule has 6 nitrogen and oxygen atoms in total. The number of amides is 1. The highest BCUT2D eigenvalue weighted by Crippen LogP contribution is 2.42. The van der Waals surface area contributed by atoms with Crippen LogP contribution in [-0.4, -0.2) is 33.4 Å². The van der Waals surface area contributed by atoms with Crippen molar-refractivity contribution in [2.45, 2.75) is 5.25 Å². The molecule has 0 aliphatic heterocycles. The van der Waals surface area contributed by atoms with Gasteiger partial charge in [0.15, 0.2) is 0 Å². The van der Waals surface area contributed by atoms with E-state index < -0.39 is 0 Å². The summed E-state index contributed by atoms with van der Waals surface area (Å²) in [6, 6.07) is 15.2. The average molecular weight is 395 g/mol. The minimum atomic E-state index is -0.288. The van der Waals surface area contributed by atoms with E-state index in [0.717, 1.165) is 0 Å². The predicted octanol–water partition coefficient (Wildman–Crippen LogP) is 3.33. The highest BCUT2D eigenvalue weighted by Gasteiger charge is 2.21. The standard InChI is InChI=1S/C21H21N3O3S/c22-18-8-7-15(25)12-17(18)20(16-5-1-2-6-19(16)26)28-11-10-24-21(27)14-4-3-9-23-13-14/h1-9,12-13,20,25-26H,10-11,22H2,(H,24,27). The van der Waals surface area contributed by atoms with Crippen molar-refractivity contribution in [3.8, 4) is 11.5 Å². The summed E-state index contributed by atoms with van der Waals surface area (Å²) < 4.78 is 0. The SMILES string of the molecule is Nc1ccc(O)cc1C(SCCNC(=O)c1cccnc1)c1ccccc1O. The summed E-state index contributed by atoms with van der Waals surface area (Å²) in [5.41, 5.74) is 8.56. The highest BCUT2D eigenvalue weighted by atomic mass is 32.2. The van der Waals surface area contributed by atoms with Crippen LogP contribution in [0.3, 0.4) is 0 Å². The summed E-state index contributed by atoms with van der Waals surface area (Å²) in [6.07, 6.45) is 3.13. The van der Waals surface area contributed by atoms with Crippen LogP contribution in [0.1, 0.15) is 26.7 Å². The van der Waals surface area contributed by atoms with E-state index in [9.17, 15) is 15.0 Å². The second kappa shape index (κ2) is 9.14. The number of nitrogen functional groups attached to an aromatic ring is 1. The summed E-state index contributed by atoms with van der Waals surface area (Å²) >= 11 is 1.52. The lowest BCUT2D eigenvalue weighted by Gasteiger charge is -2.21. The first-order valence-electron chi connectivity index (χ1n) is 8.72. The first kappa shape index (κ1) is 19.6. The number of nitrogens with one attached hydrogen (secondary N) is 1. The zero-order valence-electron chi connectivity index (χ0n) is 15.1. The number of para-hydroxylation sites is 1. The molecule has 2 aromatic carbocycles. The van der Waals surface area contributed by atoms with Crippen LogP contribution in [0.25, 0.3) is 0 Å². The Bertz CT molecular complexity index is 951. The number of aromatic hydroxyl groups is 2. The van der Waals surface area contributed by atoms with Crippen molar-refractivity contribution in [1.82, 2.24) is 10.3 Å². The first-order valence-corrected chi connectivity index (χ1v) is 9.77. The van der Waals surface area contributed by atoms with Crippen molar-refractivity contribution in [1.29, 1.82) is 0 Å². The van der Waals surface area contributed by atoms with E-state index in [-0.39, 0.29) is 22.7 Å². The van der Waals surface area contributed by atoms with Gasteiger partial charge in [-0.15, -0.1) is 11.8 Å². The number of benzene rings is 2. The Morgan fingerprint density at radius 1 is 1.11 bits per heavy atom. The zero-order chi connectivity index (χ0) is 19.9. The van der Waals surface area contributed by atoms with Gasteiger partial charge in [-0.1, -0.05) is 18.2 Å². The van der Waals surface area contributed by atoms with Crippen molar-refractivity contribution < 1.29 is 15.0 Å². The van der Waals surface area contributed by atoms with Crippen LogP contribution in [0.4, 0.5) is 5.69 Å². The van der Waals surface area contributed by atoms with Gasteiger partial charge in [-0.3, -0.25) is 9.78 Å². The van der Waals surface area contributed by atoms with E-state index in [0.29, 0.717) is 34.7 Å². The smallest absolute Gasteiger partial charge is 0.252 e. The molecule has 1 heterocycles. The molecule has 28 heavy (non-hydrogen) atoms. The molecule has 5 N–H and O–H groups in total. The fourth-order valence-corrected chi connectivity index (χ4v) is 4.00. The summed E-state index contributed by atoms with van der Waals surface area (Å²) in [5, 5.41) is 22.8. The number of aromatic nitrogens is 1. The molecule has 0 fully saturated rings. The summed E-state index contributed by atoms with van der Waals surface area (Å²) in [4.78, 5) is 16.1. The molecule has 0 radical (unpaired) electrons. The maximum Gasteiger partial charge on any atom is 0.252 e. The number of hydrogen-bond acceptors (Lipinski definition) is 6. The summed E-state index contributed by atoms with van der Waals surface area (Å²) in [6.45, 7) is 0.432. The molecule has 1 unspecified atom stereocenters. The molecule has 0 spiro atoms. The van der Waals surface area contributed by atoms with Crippen LogP contribution in [-0.2, 0) is 0 Å². The number of thioether (sulfide) groups is 1. The predicted molar refractivity (Wildman–Crippen MR) is 111 cm³/mol. The fourth-order valence-electron chi connectivity index (χ4n) is 2.79. The Kier molecular flexibility index (Phi) is 6.39. The summed E-state index contributed by atoms with van der Waals surface area (Å²) in [7, 11) is 0. The molecule has 7 heteroatoms. The third kappa shape index (κ3) is 4.75. The van der Waals surface area contributed by atoms with Crippen LogP contribution < -0.4 is 11.1 Å². The molecule has 0 bridgehead atoms. The number of pyridine rings is 1. The van der Waals surface area contributed by atoms with E-state index in [1.54, 1.807) is 42.6 Å². The highest BCUT2D eigenvalue weighted by molar-refractivity contribution is 7.99. The number of anilines is 1. The Labute approximate surface area is 167 Å². The molecule has 0 saturated carbocycles. The van der Waals surface area contributed by atoms with Gasteiger partial charge in [0, 0.05) is 35.9 Å². The molecular formula is C21H21N3O3S. The van der Waals surface area contributed by atoms with Gasteiger partial charge < -0.3 is 21.3 Å². The normalized spacial score (nSPS) is 11.7. The van der Waals surface area contributed by atoms with E-state index in [2.05, 4.69) is 10.3 Å². The number of hydrogen-bond donors (Lipinski definition) is 4. The molecule has 1 aromatic heterocycles. The minimum absolute atomic E-state index is 0.107. The fraction of sp³-hybridized carbons (Fsp3) is 0.143. The summed E-state index contributed by atoms with van der Waals surface area (Å²) in [5.74, 6) is 0.655. The number of nitrogens with zero attached hydrogens (tertiary/aromatic N) is 1. The lowest BCUT2D eigenvalue weighted by molar-refractivity contribution is 0.0956. The molecule has 0 aliphatic carbocycles. The van der Waals surface area contributed by atoms with Crippen molar-refractivity contribution >= 4 is 23.4 Å².